The van der Waals surface area contributed by atoms with E-state index < -0.39 is 0 Å². The van der Waals surface area contributed by atoms with Crippen LogP contribution >= 0.6 is 34.9 Å². The van der Waals surface area contributed by atoms with Crippen molar-refractivity contribution in [3.05, 3.63) is 23.9 Å². The Hall–Kier alpha value is -0.630. The van der Waals surface area contributed by atoms with Crippen LogP contribution in [0.1, 0.15) is 12.5 Å². The van der Waals surface area contributed by atoms with Gasteiger partial charge in [-0.15, -0.1) is 10.2 Å². The molecule has 2 heterocycles. The number of pyridine rings is 1. The van der Waals surface area contributed by atoms with Gasteiger partial charge in [0.05, 0.1) is 0 Å². The molecule has 0 aliphatic carbocycles. The van der Waals surface area contributed by atoms with Gasteiger partial charge in [-0.25, -0.2) is 4.98 Å². The Kier molecular flexibility index (Phi) is 5.43. The first-order chi connectivity index (χ1) is 8.81. The molecule has 0 fully saturated rings. The van der Waals surface area contributed by atoms with Crippen LogP contribution in [0.5, 0.6) is 0 Å². The van der Waals surface area contributed by atoms with E-state index in [0.29, 0.717) is 0 Å². The predicted molar refractivity (Wildman–Crippen MR) is 77.4 cm³/mol. The van der Waals surface area contributed by atoms with Crippen LogP contribution in [-0.2, 0) is 6.54 Å². The van der Waals surface area contributed by atoms with E-state index >= 15 is 0 Å². The maximum atomic E-state index is 4.42. The van der Waals surface area contributed by atoms with Gasteiger partial charge in [0, 0.05) is 12.7 Å². The average Bonchev–Trinajstić information content (AvgIpc) is 2.86. The van der Waals surface area contributed by atoms with Crippen molar-refractivity contribution in [3.63, 3.8) is 0 Å². The van der Waals surface area contributed by atoms with E-state index in [1.807, 2.05) is 18.5 Å². The summed E-state index contributed by atoms with van der Waals surface area (Å²) in [4.78, 5) is 4.42. The number of rotatable bonds is 6. The second kappa shape index (κ2) is 7.08. The van der Waals surface area contributed by atoms with E-state index in [1.165, 1.54) is 5.56 Å². The minimum absolute atomic E-state index is 0.865. The molecule has 7 heteroatoms. The molecule has 2 aromatic rings. The quantitative estimate of drug-likeness (QED) is 0.828. The summed E-state index contributed by atoms with van der Waals surface area (Å²) in [5.74, 6) is 0. The first kappa shape index (κ1) is 13.8. The van der Waals surface area contributed by atoms with Crippen LogP contribution in [-0.4, -0.2) is 28.0 Å². The number of hydrogen-bond acceptors (Lipinski definition) is 7. The molecule has 18 heavy (non-hydrogen) atoms. The van der Waals surface area contributed by atoms with Crippen molar-refractivity contribution < 1.29 is 0 Å². The van der Waals surface area contributed by atoms with E-state index in [0.717, 1.165) is 26.8 Å². The van der Waals surface area contributed by atoms with Gasteiger partial charge in [-0.1, -0.05) is 36.1 Å². The predicted octanol–water partition coefficient (Wildman–Crippen LogP) is 2.92. The Morgan fingerprint density at radius 1 is 1.28 bits per heavy atom. The molecule has 0 aliphatic rings. The van der Waals surface area contributed by atoms with Crippen LogP contribution in [0.15, 0.2) is 32.0 Å². The summed E-state index contributed by atoms with van der Waals surface area (Å²) < 4.78 is 1.92. The average molecular weight is 298 g/mol. The Morgan fingerprint density at radius 2 is 2.11 bits per heavy atom. The molecule has 0 amide bonds. The van der Waals surface area contributed by atoms with Crippen LogP contribution in [0.2, 0.25) is 0 Å². The molecule has 96 valence electrons. The van der Waals surface area contributed by atoms with Crippen molar-refractivity contribution in [3.8, 4) is 0 Å². The fourth-order valence-electron chi connectivity index (χ4n) is 1.26. The lowest BCUT2D eigenvalue weighted by Gasteiger charge is -2.02. The van der Waals surface area contributed by atoms with Crippen molar-refractivity contribution in [1.29, 1.82) is 0 Å². The topological polar surface area (TPSA) is 50.7 Å². The van der Waals surface area contributed by atoms with Gasteiger partial charge in [-0.05, 0) is 36.2 Å². The molecular weight excluding hydrogens is 284 g/mol. The van der Waals surface area contributed by atoms with Crippen LogP contribution in [0.4, 0.5) is 0 Å². The summed E-state index contributed by atoms with van der Waals surface area (Å²) in [5, 5.41) is 12.4. The SMILES string of the molecule is CCNCc1ccc(Sc2nnc(SC)s2)nc1. The number of nitrogens with one attached hydrogen (secondary N) is 1. The molecule has 0 saturated heterocycles. The minimum Gasteiger partial charge on any atom is -0.313 e. The Labute approximate surface area is 119 Å². The van der Waals surface area contributed by atoms with Crippen molar-refractivity contribution in [2.75, 3.05) is 12.8 Å². The first-order valence-electron chi connectivity index (χ1n) is 5.53. The molecule has 2 rings (SSSR count). The highest BCUT2D eigenvalue weighted by Crippen LogP contribution is 2.31. The molecule has 4 nitrogen and oxygen atoms in total. The van der Waals surface area contributed by atoms with Gasteiger partial charge in [0.25, 0.3) is 0 Å². The fraction of sp³-hybridized carbons (Fsp3) is 0.364. The van der Waals surface area contributed by atoms with Gasteiger partial charge in [0.15, 0.2) is 8.68 Å². The van der Waals surface area contributed by atoms with Gasteiger partial charge in [-0.2, -0.15) is 0 Å². The summed E-state index contributed by atoms with van der Waals surface area (Å²) in [6.45, 7) is 3.93. The normalized spacial score (nSPS) is 10.8. The summed E-state index contributed by atoms with van der Waals surface area (Å²) in [5.41, 5.74) is 1.20. The van der Waals surface area contributed by atoms with Gasteiger partial charge in [0.2, 0.25) is 0 Å². The zero-order valence-corrected chi connectivity index (χ0v) is 12.7. The molecule has 0 bridgehead atoms. The van der Waals surface area contributed by atoms with Crippen LogP contribution < -0.4 is 5.32 Å². The number of hydrogen-bond donors (Lipinski definition) is 1. The largest absolute Gasteiger partial charge is 0.313 e. The third-order valence-electron chi connectivity index (χ3n) is 2.13. The maximum Gasteiger partial charge on any atom is 0.181 e. The Balaban J connectivity index is 1.97. The summed E-state index contributed by atoms with van der Waals surface area (Å²) >= 11 is 4.77. The molecule has 0 atom stereocenters. The number of aromatic nitrogens is 3. The van der Waals surface area contributed by atoms with E-state index in [9.17, 15) is 0 Å². The zero-order valence-electron chi connectivity index (χ0n) is 10.2. The lowest BCUT2D eigenvalue weighted by atomic mass is 10.3. The van der Waals surface area contributed by atoms with Gasteiger partial charge >= 0.3 is 0 Å². The smallest absolute Gasteiger partial charge is 0.181 e. The third-order valence-corrected chi connectivity index (χ3v) is 5.03. The zero-order chi connectivity index (χ0) is 12.8. The molecule has 0 radical (unpaired) electrons. The Bertz CT molecular complexity index is 483. The highest BCUT2D eigenvalue weighted by Gasteiger charge is 2.06. The van der Waals surface area contributed by atoms with Crippen LogP contribution in [0.3, 0.4) is 0 Å². The van der Waals surface area contributed by atoms with Crippen molar-refractivity contribution in [2.24, 2.45) is 0 Å². The third kappa shape index (κ3) is 3.94. The molecule has 0 aliphatic heterocycles. The van der Waals surface area contributed by atoms with Crippen LogP contribution in [0, 0.1) is 0 Å². The second-order valence-electron chi connectivity index (χ2n) is 3.43. The molecular formula is C11H14N4S3. The highest BCUT2D eigenvalue weighted by atomic mass is 32.2. The van der Waals surface area contributed by atoms with Crippen molar-refractivity contribution in [2.45, 2.75) is 27.2 Å². The maximum absolute atomic E-state index is 4.42. The molecule has 0 unspecified atom stereocenters. The number of nitrogens with zero attached hydrogens (tertiary/aromatic N) is 3. The second-order valence-corrected chi connectivity index (χ2v) is 6.72. The minimum atomic E-state index is 0.865. The fourth-order valence-corrected chi connectivity index (χ4v) is 3.58. The van der Waals surface area contributed by atoms with Gasteiger partial charge < -0.3 is 5.32 Å². The summed E-state index contributed by atoms with van der Waals surface area (Å²) in [6.07, 6.45) is 3.91. The standard InChI is InChI=1S/C11H14N4S3/c1-3-12-6-8-4-5-9(13-7-8)17-11-15-14-10(16-2)18-11/h4-5,7,12H,3,6H2,1-2H3. The number of thioether (sulfide) groups is 1. The molecule has 0 aromatic carbocycles. The Morgan fingerprint density at radius 3 is 2.72 bits per heavy atom. The summed E-state index contributed by atoms with van der Waals surface area (Å²) in [6, 6.07) is 4.12. The molecule has 0 saturated carbocycles. The van der Waals surface area contributed by atoms with E-state index in [-0.39, 0.29) is 0 Å². The molecule has 1 N–H and O–H groups in total. The van der Waals surface area contributed by atoms with Crippen LogP contribution in [0.25, 0.3) is 0 Å². The molecule has 2 aromatic heterocycles. The van der Waals surface area contributed by atoms with E-state index in [4.69, 9.17) is 0 Å². The highest BCUT2D eigenvalue weighted by molar-refractivity contribution is 8.02. The monoisotopic (exact) mass is 298 g/mol. The summed E-state index contributed by atoms with van der Waals surface area (Å²) in [7, 11) is 0. The first-order valence-corrected chi connectivity index (χ1v) is 8.38. The van der Waals surface area contributed by atoms with Crippen molar-refractivity contribution >= 4 is 34.9 Å². The lowest BCUT2D eigenvalue weighted by molar-refractivity contribution is 0.723. The van der Waals surface area contributed by atoms with Gasteiger partial charge in [0.1, 0.15) is 5.03 Å². The lowest BCUT2D eigenvalue weighted by Crippen LogP contribution is -2.11. The van der Waals surface area contributed by atoms with Gasteiger partial charge in [-0.3, -0.25) is 0 Å². The van der Waals surface area contributed by atoms with E-state index in [1.54, 1.807) is 34.9 Å². The van der Waals surface area contributed by atoms with Crippen molar-refractivity contribution in [1.82, 2.24) is 20.5 Å². The van der Waals surface area contributed by atoms with E-state index in [2.05, 4.69) is 33.5 Å². The molecule has 0 spiro atoms.